The number of imidazole rings is 1. The summed E-state index contributed by atoms with van der Waals surface area (Å²) in [5.74, 6) is 1.01. The Bertz CT molecular complexity index is 470. The maximum Gasteiger partial charge on any atom is 0.222 e. The number of nitrogens with zero attached hydrogens (tertiary/aromatic N) is 4. The van der Waals surface area contributed by atoms with Crippen molar-refractivity contribution in [2.75, 3.05) is 26.7 Å². The Kier molecular flexibility index (Phi) is 5.59. The zero-order valence-corrected chi connectivity index (χ0v) is 12.7. The Morgan fingerprint density at radius 2 is 2.38 bits per heavy atom. The summed E-state index contributed by atoms with van der Waals surface area (Å²) in [7, 11) is 1.76. The molecular weight excluding hydrogens is 268 g/mol. The van der Waals surface area contributed by atoms with Crippen LogP contribution in [0.25, 0.3) is 0 Å². The maximum absolute atomic E-state index is 11.7. The molecule has 7 heteroatoms. The van der Waals surface area contributed by atoms with Gasteiger partial charge in [0, 0.05) is 58.1 Å². The third-order valence-corrected chi connectivity index (χ3v) is 3.63. The summed E-state index contributed by atoms with van der Waals surface area (Å²) < 4.78 is 2.01. The van der Waals surface area contributed by atoms with Crippen molar-refractivity contribution in [3.05, 3.63) is 18.7 Å². The minimum atomic E-state index is 0.224. The maximum atomic E-state index is 11.7. The molecule has 2 rings (SSSR count). The van der Waals surface area contributed by atoms with E-state index in [-0.39, 0.29) is 11.9 Å². The van der Waals surface area contributed by atoms with Gasteiger partial charge in [0.05, 0.1) is 6.33 Å². The number of nitrogens with one attached hydrogen (secondary N) is 2. The molecule has 116 valence electrons. The van der Waals surface area contributed by atoms with E-state index in [0.29, 0.717) is 6.42 Å². The Hall–Kier alpha value is -2.05. The normalized spacial score (nSPS) is 18.9. The zero-order chi connectivity index (χ0) is 15.1. The van der Waals surface area contributed by atoms with Crippen LogP contribution in [-0.2, 0) is 11.3 Å². The minimum absolute atomic E-state index is 0.224. The lowest BCUT2D eigenvalue weighted by molar-refractivity contribution is -0.129. The van der Waals surface area contributed by atoms with E-state index >= 15 is 0 Å². The predicted molar refractivity (Wildman–Crippen MR) is 82.0 cm³/mol. The molecule has 0 bridgehead atoms. The lowest BCUT2D eigenvalue weighted by Crippen LogP contribution is -2.45. The highest BCUT2D eigenvalue weighted by Crippen LogP contribution is 2.10. The molecule has 21 heavy (non-hydrogen) atoms. The lowest BCUT2D eigenvalue weighted by Gasteiger charge is -2.18. The summed E-state index contributed by atoms with van der Waals surface area (Å²) in [6.07, 6.45) is 7.04. The molecule has 1 aliphatic rings. The van der Waals surface area contributed by atoms with Crippen LogP contribution >= 0.6 is 0 Å². The number of rotatable bonds is 5. The number of hydrogen-bond donors (Lipinski definition) is 2. The van der Waals surface area contributed by atoms with Crippen LogP contribution in [0.15, 0.2) is 23.7 Å². The number of carbonyl (C=O) groups excluding carboxylic acids is 1. The van der Waals surface area contributed by atoms with Crippen molar-refractivity contribution in [3.63, 3.8) is 0 Å². The van der Waals surface area contributed by atoms with Crippen molar-refractivity contribution in [2.24, 2.45) is 4.99 Å². The van der Waals surface area contributed by atoms with Crippen LogP contribution in [0.3, 0.4) is 0 Å². The van der Waals surface area contributed by atoms with Gasteiger partial charge in [-0.15, -0.1) is 0 Å². The third kappa shape index (κ3) is 4.47. The summed E-state index contributed by atoms with van der Waals surface area (Å²) in [4.78, 5) is 21.8. The molecule has 1 saturated heterocycles. The fraction of sp³-hybridized carbons (Fsp3) is 0.643. The second-order valence-corrected chi connectivity index (χ2v) is 5.12. The van der Waals surface area contributed by atoms with E-state index in [1.165, 1.54) is 0 Å². The van der Waals surface area contributed by atoms with Crippen molar-refractivity contribution < 1.29 is 4.79 Å². The fourth-order valence-corrected chi connectivity index (χ4v) is 2.44. The van der Waals surface area contributed by atoms with Gasteiger partial charge in [-0.25, -0.2) is 4.98 Å². The number of carbonyl (C=O) groups is 1. The number of likely N-dealkylation sites (tertiary alicyclic amines) is 1. The van der Waals surface area contributed by atoms with E-state index in [2.05, 4.69) is 20.6 Å². The number of aromatic nitrogens is 2. The van der Waals surface area contributed by atoms with Gasteiger partial charge in [-0.2, -0.15) is 0 Å². The molecule has 0 saturated carbocycles. The quantitative estimate of drug-likeness (QED) is 0.594. The van der Waals surface area contributed by atoms with E-state index < -0.39 is 0 Å². The van der Waals surface area contributed by atoms with Crippen LogP contribution in [0.2, 0.25) is 0 Å². The van der Waals surface area contributed by atoms with Gasteiger partial charge in [-0.1, -0.05) is 6.92 Å². The van der Waals surface area contributed by atoms with E-state index in [0.717, 1.165) is 38.6 Å². The molecule has 0 aromatic carbocycles. The molecule has 1 fully saturated rings. The lowest BCUT2D eigenvalue weighted by atomic mass is 10.3. The third-order valence-electron chi connectivity index (χ3n) is 3.63. The molecule has 1 amide bonds. The summed E-state index contributed by atoms with van der Waals surface area (Å²) in [5.41, 5.74) is 0. The second kappa shape index (κ2) is 7.66. The smallest absolute Gasteiger partial charge is 0.222 e. The Labute approximate surface area is 125 Å². The SMILES string of the molecule is CCC(=O)N1CCC(NC(=NC)NCCn2ccnc2)C1. The Balaban J connectivity index is 1.72. The van der Waals surface area contributed by atoms with E-state index in [1.54, 1.807) is 19.6 Å². The Morgan fingerprint density at radius 1 is 1.52 bits per heavy atom. The molecule has 0 aliphatic carbocycles. The van der Waals surface area contributed by atoms with Gasteiger partial charge >= 0.3 is 0 Å². The van der Waals surface area contributed by atoms with Gasteiger partial charge < -0.3 is 20.1 Å². The van der Waals surface area contributed by atoms with Crippen LogP contribution in [0.4, 0.5) is 0 Å². The van der Waals surface area contributed by atoms with Crippen molar-refractivity contribution >= 4 is 11.9 Å². The standard InChI is InChI=1S/C14H24N6O/c1-3-13(21)20-7-4-12(10-20)18-14(15-2)17-6-9-19-8-5-16-11-19/h5,8,11-12H,3-4,6-7,9-10H2,1-2H3,(H2,15,17,18). The van der Waals surface area contributed by atoms with Crippen LogP contribution in [-0.4, -0.2) is 59.0 Å². The number of aliphatic imine (C=N–C) groups is 1. The molecule has 7 nitrogen and oxygen atoms in total. The highest BCUT2D eigenvalue weighted by Gasteiger charge is 2.25. The van der Waals surface area contributed by atoms with Gasteiger partial charge in [-0.3, -0.25) is 9.79 Å². The molecular formula is C14H24N6O. The first kappa shape index (κ1) is 15.3. The topological polar surface area (TPSA) is 74.6 Å². The van der Waals surface area contributed by atoms with Crippen molar-refractivity contribution in [3.8, 4) is 0 Å². The highest BCUT2D eigenvalue weighted by molar-refractivity contribution is 5.80. The number of hydrogen-bond acceptors (Lipinski definition) is 3. The van der Waals surface area contributed by atoms with Gasteiger partial charge in [0.15, 0.2) is 5.96 Å². The van der Waals surface area contributed by atoms with Crippen LogP contribution in [0.1, 0.15) is 19.8 Å². The number of amides is 1. The highest BCUT2D eigenvalue weighted by atomic mass is 16.2. The molecule has 2 heterocycles. The van der Waals surface area contributed by atoms with Crippen LogP contribution < -0.4 is 10.6 Å². The molecule has 2 N–H and O–H groups in total. The van der Waals surface area contributed by atoms with E-state index in [1.807, 2.05) is 22.6 Å². The largest absolute Gasteiger partial charge is 0.355 e. The second-order valence-electron chi connectivity index (χ2n) is 5.12. The predicted octanol–water partition coefficient (Wildman–Crippen LogP) is 0.0590. The summed E-state index contributed by atoms with van der Waals surface area (Å²) in [5, 5.41) is 6.65. The van der Waals surface area contributed by atoms with Crippen LogP contribution in [0, 0.1) is 0 Å². The Morgan fingerprint density at radius 3 is 3.05 bits per heavy atom. The van der Waals surface area contributed by atoms with Crippen molar-refractivity contribution in [2.45, 2.75) is 32.4 Å². The van der Waals surface area contributed by atoms with E-state index in [9.17, 15) is 4.79 Å². The number of guanidine groups is 1. The molecule has 0 radical (unpaired) electrons. The molecule has 1 unspecified atom stereocenters. The monoisotopic (exact) mass is 292 g/mol. The molecule has 1 aliphatic heterocycles. The van der Waals surface area contributed by atoms with Crippen molar-refractivity contribution in [1.82, 2.24) is 25.1 Å². The summed E-state index contributed by atoms with van der Waals surface area (Å²) >= 11 is 0. The average molecular weight is 292 g/mol. The zero-order valence-electron chi connectivity index (χ0n) is 12.7. The first-order chi connectivity index (χ1) is 10.2. The molecule has 1 aromatic heterocycles. The van der Waals surface area contributed by atoms with Crippen molar-refractivity contribution in [1.29, 1.82) is 0 Å². The summed E-state index contributed by atoms with van der Waals surface area (Å²) in [6, 6.07) is 0.278. The fourth-order valence-electron chi connectivity index (χ4n) is 2.44. The van der Waals surface area contributed by atoms with Gasteiger partial charge in [0.1, 0.15) is 0 Å². The average Bonchev–Trinajstić information content (AvgIpc) is 3.16. The summed E-state index contributed by atoms with van der Waals surface area (Å²) in [6.45, 7) is 5.11. The van der Waals surface area contributed by atoms with Gasteiger partial charge in [0.25, 0.3) is 0 Å². The minimum Gasteiger partial charge on any atom is -0.355 e. The molecule has 0 spiro atoms. The first-order valence-electron chi connectivity index (χ1n) is 7.43. The first-order valence-corrected chi connectivity index (χ1v) is 7.43. The van der Waals surface area contributed by atoms with Gasteiger partial charge in [0.2, 0.25) is 5.91 Å². The molecule has 1 atom stereocenters. The van der Waals surface area contributed by atoms with Crippen LogP contribution in [0.5, 0.6) is 0 Å². The molecule has 1 aromatic rings. The van der Waals surface area contributed by atoms with Gasteiger partial charge in [-0.05, 0) is 6.42 Å². The van der Waals surface area contributed by atoms with E-state index in [4.69, 9.17) is 0 Å².